The van der Waals surface area contributed by atoms with Gasteiger partial charge in [-0.2, -0.15) is 0 Å². The standard InChI is InChI=1S/C8H9ClN4O2/c1-4-12-7(9)5(3-14)8(13-4)11-2-6(10)15/h3H,2H2,1H3,(H2,10,15)(H,11,12,13). The van der Waals surface area contributed by atoms with E-state index in [2.05, 4.69) is 15.3 Å². The molecule has 0 radical (unpaired) electrons. The molecule has 0 atom stereocenters. The van der Waals surface area contributed by atoms with Crippen LogP contribution in [0.25, 0.3) is 0 Å². The molecule has 0 unspecified atom stereocenters. The van der Waals surface area contributed by atoms with E-state index in [4.69, 9.17) is 17.3 Å². The fourth-order valence-corrected chi connectivity index (χ4v) is 1.21. The number of aryl methyl sites for hydroxylation is 1. The van der Waals surface area contributed by atoms with Gasteiger partial charge in [0.1, 0.15) is 16.8 Å². The molecule has 0 fully saturated rings. The molecule has 3 N–H and O–H groups in total. The molecule has 80 valence electrons. The lowest BCUT2D eigenvalue weighted by Crippen LogP contribution is -2.23. The molecule has 1 heterocycles. The number of nitrogens with one attached hydrogen (secondary N) is 1. The third-order valence-electron chi connectivity index (χ3n) is 1.56. The first-order valence-corrected chi connectivity index (χ1v) is 4.44. The lowest BCUT2D eigenvalue weighted by atomic mass is 10.3. The second-order valence-corrected chi connectivity index (χ2v) is 3.12. The highest BCUT2D eigenvalue weighted by Gasteiger charge is 2.10. The summed E-state index contributed by atoms with van der Waals surface area (Å²) in [7, 11) is 0. The van der Waals surface area contributed by atoms with Crippen LogP contribution in [0.4, 0.5) is 5.82 Å². The Hall–Kier alpha value is -1.69. The zero-order valence-electron chi connectivity index (χ0n) is 7.95. The topological polar surface area (TPSA) is 98.0 Å². The fourth-order valence-electron chi connectivity index (χ4n) is 0.957. The van der Waals surface area contributed by atoms with Gasteiger partial charge in [-0.1, -0.05) is 11.6 Å². The molecule has 15 heavy (non-hydrogen) atoms. The summed E-state index contributed by atoms with van der Waals surface area (Å²) in [5, 5.41) is 2.65. The van der Waals surface area contributed by atoms with Gasteiger partial charge in [-0.15, -0.1) is 0 Å². The van der Waals surface area contributed by atoms with Crippen LogP contribution in [-0.4, -0.2) is 28.7 Å². The quantitative estimate of drug-likeness (QED) is 0.565. The molecular weight excluding hydrogens is 220 g/mol. The van der Waals surface area contributed by atoms with Gasteiger partial charge in [0, 0.05) is 0 Å². The van der Waals surface area contributed by atoms with Gasteiger partial charge in [0.25, 0.3) is 0 Å². The molecule has 6 nitrogen and oxygen atoms in total. The van der Waals surface area contributed by atoms with Crippen molar-refractivity contribution in [3.8, 4) is 0 Å². The van der Waals surface area contributed by atoms with E-state index >= 15 is 0 Å². The Morgan fingerprint density at radius 3 is 2.80 bits per heavy atom. The Balaban J connectivity index is 3.03. The molecule has 0 saturated heterocycles. The molecule has 0 saturated carbocycles. The highest BCUT2D eigenvalue weighted by molar-refractivity contribution is 6.32. The Morgan fingerprint density at radius 2 is 2.27 bits per heavy atom. The van der Waals surface area contributed by atoms with Crippen molar-refractivity contribution in [2.75, 3.05) is 11.9 Å². The van der Waals surface area contributed by atoms with Crippen molar-refractivity contribution in [3.63, 3.8) is 0 Å². The van der Waals surface area contributed by atoms with Gasteiger partial charge in [-0.25, -0.2) is 9.97 Å². The molecule has 0 aliphatic heterocycles. The van der Waals surface area contributed by atoms with Gasteiger partial charge in [0.15, 0.2) is 6.29 Å². The van der Waals surface area contributed by atoms with Crippen molar-refractivity contribution in [1.82, 2.24) is 9.97 Å². The third kappa shape index (κ3) is 2.88. The summed E-state index contributed by atoms with van der Waals surface area (Å²) in [4.78, 5) is 29.0. The normalized spacial score (nSPS) is 9.73. The first-order valence-electron chi connectivity index (χ1n) is 4.06. The number of primary amides is 1. The number of nitrogens with two attached hydrogens (primary N) is 1. The van der Waals surface area contributed by atoms with Crippen molar-refractivity contribution in [1.29, 1.82) is 0 Å². The maximum atomic E-state index is 10.7. The van der Waals surface area contributed by atoms with Crippen LogP contribution in [0.3, 0.4) is 0 Å². The van der Waals surface area contributed by atoms with Crippen molar-refractivity contribution >= 4 is 29.6 Å². The summed E-state index contributed by atoms with van der Waals surface area (Å²) in [6.07, 6.45) is 0.519. The molecule has 7 heteroatoms. The van der Waals surface area contributed by atoms with E-state index in [1.165, 1.54) is 0 Å². The number of carbonyl (C=O) groups is 2. The Morgan fingerprint density at radius 1 is 1.60 bits per heavy atom. The number of nitrogens with zero attached hydrogens (tertiary/aromatic N) is 2. The van der Waals surface area contributed by atoms with Gasteiger partial charge < -0.3 is 11.1 Å². The van der Waals surface area contributed by atoms with E-state index in [0.717, 1.165) is 0 Å². The lowest BCUT2D eigenvalue weighted by Gasteiger charge is -2.07. The molecule has 1 aromatic rings. The van der Waals surface area contributed by atoms with Crippen molar-refractivity contribution in [3.05, 3.63) is 16.5 Å². The van der Waals surface area contributed by atoms with E-state index < -0.39 is 5.91 Å². The van der Waals surface area contributed by atoms with Crippen LogP contribution >= 0.6 is 11.6 Å². The van der Waals surface area contributed by atoms with Crippen molar-refractivity contribution in [2.24, 2.45) is 5.73 Å². The lowest BCUT2D eigenvalue weighted by molar-refractivity contribution is -0.116. The second-order valence-electron chi connectivity index (χ2n) is 2.76. The van der Waals surface area contributed by atoms with Crippen molar-refractivity contribution in [2.45, 2.75) is 6.92 Å². The minimum Gasteiger partial charge on any atom is -0.368 e. The molecular formula is C8H9ClN4O2. The SMILES string of the molecule is Cc1nc(Cl)c(C=O)c(NCC(N)=O)n1. The van der Waals surface area contributed by atoms with Gasteiger partial charge in [0.05, 0.1) is 12.1 Å². The van der Waals surface area contributed by atoms with E-state index in [-0.39, 0.29) is 23.1 Å². The minimum atomic E-state index is -0.556. The van der Waals surface area contributed by atoms with Gasteiger partial charge in [-0.05, 0) is 6.92 Å². The summed E-state index contributed by atoms with van der Waals surface area (Å²) >= 11 is 5.71. The monoisotopic (exact) mass is 228 g/mol. The van der Waals surface area contributed by atoms with Gasteiger partial charge >= 0.3 is 0 Å². The van der Waals surface area contributed by atoms with E-state index in [9.17, 15) is 9.59 Å². The molecule has 0 bridgehead atoms. The average Bonchev–Trinajstić information content (AvgIpc) is 2.13. The largest absolute Gasteiger partial charge is 0.368 e. The second kappa shape index (κ2) is 4.70. The van der Waals surface area contributed by atoms with Crippen LogP contribution < -0.4 is 11.1 Å². The molecule has 1 amide bonds. The molecule has 0 aliphatic rings. The van der Waals surface area contributed by atoms with Gasteiger partial charge in [0.2, 0.25) is 5.91 Å². The number of amides is 1. The number of carbonyl (C=O) groups excluding carboxylic acids is 2. The maximum Gasteiger partial charge on any atom is 0.236 e. The predicted molar refractivity (Wildman–Crippen MR) is 54.9 cm³/mol. The molecule has 1 aromatic heterocycles. The zero-order valence-corrected chi connectivity index (χ0v) is 8.71. The van der Waals surface area contributed by atoms with E-state index in [1.54, 1.807) is 6.92 Å². The number of halogens is 1. The number of anilines is 1. The predicted octanol–water partition coefficient (Wildman–Crippen LogP) is 0.148. The highest BCUT2D eigenvalue weighted by Crippen LogP contribution is 2.18. The third-order valence-corrected chi connectivity index (χ3v) is 1.85. The first kappa shape index (κ1) is 11.4. The van der Waals surface area contributed by atoms with Crippen LogP contribution in [0.2, 0.25) is 5.15 Å². The Kier molecular flexibility index (Phi) is 3.56. The van der Waals surface area contributed by atoms with E-state index in [1.807, 2.05) is 0 Å². The van der Waals surface area contributed by atoms with Crippen molar-refractivity contribution < 1.29 is 9.59 Å². The molecule has 0 aromatic carbocycles. The molecule has 0 spiro atoms. The summed E-state index contributed by atoms with van der Waals surface area (Å²) in [5.74, 6) is 0.0538. The highest BCUT2D eigenvalue weighted by atomic mass is 35.5. The van der Waals surface area contributed by atoms with Crippen LogP contribution in [-0.2, 0) is 4.79 Å². The number of aldehydes is 1. The zero-order chi connectivity index (χ0) is 11.4. The van der Waals surface area contributed by atoms with Crippen LogP contribution in [0.15, 0.2) is 0 Å². The first-order chi connectivity index (χ1) is 7.04. The summed E-state index contributed by atoms with van der Waals surface area (Å²) in [6, 6.07) is 0. The number of hydrogen-bond acceptors (Lipinski definition) is 5. The van der Waals surface area contributed by atoms with E-state index in [0.29, 0.717) is 12.1 Å². The smallest absolute Gasteiger partial charge is 0.236 e. The summed E-state index contributed by atoms with van der Waals surface area (Å²) in [6.45, 7) is 1.50. The van der Waals surface area contributed by atoms with Gasteiger partial charge in [-0.3, -0.25) is 9.59 Å². The number of aromatic nitrogens is 2. The molecule has 1 rings (SSSR count). The summed E-state index contributed by atoms with van der Waals surface area (Å²) in [5.41, 5.74) is 5.06. The molecule has 0 aliphatic carbocycles. The Labute approximate surface area is 90.8 Å². The van der Waals surface area contributed by atoms with Crippen LogP contribution in [0.5, 0.6) is 0 Å². The van der Waals surface area contributed by atoms with Crippen LogP contribution in [0, 0.1) is 6.92 Å². The average molecular weight is 229 g/mol. The maximum absolute atomic E-state index is 10.7. The number of hydrogen-bond donors (Lipinski definition) is 2. The fraction of sp³-hybridized carbons (Fsp3) is 0.250. The number of rotatable bonds is 4. The van der Waals surface area contributed by atoms with Crippen LogP contribution in [0.1, 0.15) is 16.2 Å². The summed E-state index contributed by atoms with van der Waals surface area (Å²) < 4.78 is 0. The minimum absolute atomic E-state index is 0.0458. The Bertz CT molecular complexity index is 408.